The first-order valence-corrected chi connectivity index (χ1v) is 6.72. The number of hydrogen-bond acceptors (Lipinski definition) is 6. The van der Waals surface area contributed by atoms with Crippen LogP contribution in [-0.4, -0.2) is 28.6 Å². The van der Waals surface area contributed by atoms with E-state index in [0.29, 0.717) is 12.4 Å². The maximum absolute atomic E-state index is 5.12. The number of aromatic nitrogens is 3. The lowest BCUT2D eigenvalue weighted by molar-refractivity contribution is 0.181. The summed E-state index contributed by atoms with van der Waals surface area (Å²) < 4.78 is 5.12. The third kappa shape index (κ3) is 3.24. The van der Waals surface area contributed by atoms with Crippen LogP contribution >= 0.6 is 11.3 Å². The van der Waals surface area contributed by atoms with Crippen LogP contribution in [0.15, 0.2) is 17.6 Å². The minimum Gasteiger partial charge on any atom is -0.378 e. The van der Waals surface area contributed by atoms with Gasteiger partial charge >= 0.3 is 0 Å². The first kappa shape index (κ1) is 12.9. The monoisotopic (exact) mass is 264 g/mol. The number of methoxy groups -OCH3 is 1. The number of rotatable bonds is 6. The molecule has 2 heterocycles. The quantitative estimate of drug-likeness (QED) is 0.869. The standard InChI is InChI=1S/C12H16N4OS/c1-3-4-13-10-7-9(8-17-2)15-11(16-10)12-14-5-6-18-12/h5-7H,3-4,8H2,1-2H3,(H,13,15,16). The van der Waals surface area contributed by atoms with Crippen molar-refractivity contribution in [2.24, 2.45) is 0 Å². The molecule has 0 aliphatic heterocycles. The molecule has 0 aromatic carbocycles. The molecule has 0 amide bonds. The molecule has 6 heteroatoms. The number of nitrogens with one attached hydrogen (secondary N) is 1. The highest BCUT2D eigenvalue weighted by Gasteiger charge is 2.08. The van der Waals surface area contributed by atoms with Crippen LogP contribution in [0.1, 0.15) is 19.0 Å². The van der Waals surface area contributed by atoms with Crippen LogP contribution in [-0.2, 0) is 11.3 Å². The van der Waals surface area contributed by atoms with Gasteiger partial charge in [-0.3, -0.25) is 0 Å². The molecule has 1 N–H and O–H groups in total. The van der Waals surface area contributed by atoms with Crippen LogP contribution in [0.3, 0.4) is 0 Å². The maximum atomic E-state index is 5.12. The maximum Gasteiger partial charge on any atom is 0.191 e. The smallest absolute Gasteiger partial charge is 0.191 e. The SMILES string of the molecule is CCCNc1cc(COC)nc(-c2nccs2)n1. The van der Waals surface area contributed by atoms with Crippen molar-refractivity contribution in [3.63, 3.8) is 0 Å². The van der Waals surface area contributed by atoms with Crippen molar-refractivity contribution in [1.29, 1.82) is 0 Å². The summed E-state index contributed by atoms with van der Waals surface area (Å²) in [7, 11) is 1.66. The predicted molar refractivity (Wildman–Crippen MR) is 72.6 cm³/mol. The van der Waals surface area contributed by atoms with Crippen molar-refractivity contribution in [2.45, 2.75) is 20.0 Å². The summed E-state index contributed by atoms with van der Waals surface area (Å²) in [6.45, 7) is 3.48. The summed E-state index contributed by atoms with van der Waals surface area (Å²) >= 11 is 1.53. The van der Waals surface area contributed by atoms with Gasteiger partial charge in [-0.15, -0.1) is 11.3 Å². The fourth-order valence-electron chi connectivity index (χ4n) is 1.49. The predicted octanol–water partition coefficient (Wildman–Crippen LogP) is 2.57. The fraction of sp³-hybridized carbons (Fsp3) is 0.417. The number of nitrogens with zero attached hydrogens (tertiary/aromatic N) is 3. The van der Waals surface area contributed by atoms with E-state index in [1.165, 1.54) is 11.3 Å². The molecule has 0 atom stereocenters. The Morgan fingerprint density at radius 1 is 1.39 bits per heavy atom. The van der Waals surface area contributed by atoms with Crippen molar-refractivity contribution in [3.05, 3.63) is 23.3 Å². The molecule has 5 nitrogen and oxygen atoms in total. The summed E-state index contributed by atoms with van der Waals surface area (Å²) in [5, 5.41) is 6.01. The molecule has 0 saturated carbocycles. The first-order valence-electron chi connectivity index (χ1n) is 5.84. The Morgan fingerprint density at radius 2 is 2.28 bits per heavy atom. The topological polar surface area (TPSA) is 59.9 Å². The lowest BCUT2D eigenvalue weighted by Crippen LogP contribution is -2.06. The van der Waals surface area contributed by atoms with Gasteiger partial charge in [-0.25, -0.2) is 15.0 Å². The second-order valence-corrected chi connectivity index (χ2v) is 4.66. The van der Waals surface area contributed by atoms with Gasteiger partial charge in [0.15, 0.2) is 10.8 Å². The molecular weight excluding hydrogens is 248 g/mol. The van der Waals surface area contributed by atoms with Crippen LogP contribution in [0.4, 0.5) is 5.82 Å². The Balaban J connectivity index is 2.30. The van der Waals surface area contributed by atoms with Crippen molar-refractivity contribution >= 4 is 17.2 Å². The van der Waals surface area contributed by atoms with E-state index in [9.17, 15) is 0 Å². The number of hydrogen-bond donors (Lipinski definition) is 1. The van der Waals surface area contributed by atoms with E-state index in [-0.39, 0.29) is 0 Å². The summed E-state index contributed by atoms with van der Waals surface area (Å²) in [4.78, 5) is 13.1. The van der Waals surface area contributed by atoms with E-state index >= 15 is 0 Å². The zero-order valence-corrected chi connectivity index (χ0v) is 11.3. The molecule has 0 aliphatic rings. The molecule has 18 heavy (non-hydrogen) atoms. The second-order valence-electron chi connectivity index (χ2n) is 3.77. The van der Waals surface area contributed by atoms with E-state index in [1.807, 2.05) is 11.4 Å². The molecule has 0 spiro atoms. The van der Waals surface area contributed by atoms with Crippen molar-refractivity contribution in [2.75, 3.05) is 19.0 Å². The third-order valence-electron chi connectivity index (χ3n) is 2.25. The Hall–Kier alpha value is -1.53. The Bertz CT molecular complexity index is 487. The molecule has 2 aromatic rings. The van der Waals surface area contributed by atoms with Gasteiger partial charge in [0.1, 0.15) is 5.82 Å². The minimum atomic E-state index is 0.474. The lowest BCUT2D eigenvalue weighted by Gasteiger charge is -2.07. The van der Waals surface area contributed by atoms with Crippen LogP contribution in [0.5, 0.6) is 0 Å². The average molecular weight is 264 g/mol. The Labute approximate surface area is 110 Å². The van der Waals surface area contributed by atoms with Crippen LogP contribution in [0.2, 0.25) is 0 Å². The van der Waals surface area contributed by atoms with Crippen molar-refractivity contribution in [3.8, 4) is 10.8 Å². The molecule has 2 rings (SSSR count). The van der Waals surface area contributed by atoms with Gasteiger partial charge in [-0.1, -0.05) is 6.92 Å². The number of thiazole rings is 1. The molecule has 0 aliphatic carbocycles. The highest BCUT2D eigenvalue weighted by Crippen LogP contribution is 2.20. The summed E-state index contributed by atoms with van der Waals surface area (Å²) in [6, 6.07) is 1.91. The molecule has 0 fully saturated rings. The van der Waals surface area contributed by atoms with Crippen LogP contribution in [0.25, 0.3) is 10.8 Å². The number of anilines is 1. The van der Waals surface area contributed by atoms with Crippen LogP contribution in [0, 0.1) is 0 Å². The molecule has 0 bridgehead atoms. The average Bonchev–Trinajstić information content (AvgIpc) is 2.90. The third-order valence-corrected chi connectivity index (χ3v) is 3.02. The van der Waals surface area contributed by atoms with Crippen molar-refractivity contribution in [1.82, 2.24) is 15.0 Å². The highest BCUT2D eigenvalue weighted by molar-refractivity contribution is 7.13. The summed E-state index contributed by atoms with van der Waals surface area (Å²) in [6.07, 6.45) is 2.81. The minimum absolute atomic E-state index is 0.474. The Kier molecular flexibility index (Phi) is 4.60. The molecule has 2 aromatic heterocycles. The zero-order valence-electron chi connectivity index (χ0n) is 10.5. The van der Waals surface area contributed by atoms with Gasteiger partial charge in [0.25, 0.3) is 0 Å². The number of ether oxygens (including phenoxy) is 1. The molecular formula is C12H16N4OS. The Morgan fingerprint density at radius 3 is 2.94 bits per heavy atom. The van der Waals surface area contributed by atoms with Gasteiger partial charge in [0, 0.05) is 31.3 Å². The van der Waals surface area contributed by atoms with E-state index in [2.05, 4.69) is 27.2 Å². The van der Waals surface area contributed by atoms with E-state index in [0.717, 1.165) is 29.5 Å². The summed E-state index contributed by atoms with van der Waals surface area (Å²) in [5.41, 5.74) is 0.858. The molecule has 96 valence electrons. The highest BCUT2D eigenvalue weighted by atomic mass is 32.1. The van der Waals surface area contributed by atoms with E-state index in [4.69, 9.17) is 4.74 Å². The second kappa shape index (κ2) is 6.42. The van der Waals surface area contributed by atoms with E-state index in [1.54, 1.807) is 13.3 Å². The summed E-state index contributed by atoms with van der Waals surface area (Å²) in [5.74, 6) is 1.47. The molecule has 0 radical (unpaired) electrons. The largest absolute Gasteiger partial charge is 0.378 e. The molecule has 0 unspecified atom stereocenters. The lowest BCUT2D eigenvalue weighted by atomic mass is 10.3. The van der Waals surface area contributed by atoms with Gasteiger partial charge < -0.3 is 10.1 Å². The van der Waals surface area contributed by atoms with Gasteiger partial charge in [0.05, 0.1) is 12.3 Å². The van der Waals surface area contributed by atoms with Gasteiger partial charge in [-0.05, 0) is 6.42 Å². The zero-order chi connectivity index (χ0) is 12.8. The fourth-order valence-corrected chi connectivity index (χ4v) is 2.06. The van der Waals surface area contributed by atoms with Crippen molar-refractivity contribution < 1.29 is 4.74 Å². The van der Waals surface area contributed by atoms with E-state index < -0.39 is 0 Å². The normalized spacial score (nSPS) is 10.6. The van der Waals surface area contributed by atoms with Gasteiger partial charge in [-0.2, -0.15) is 0 Å². The van der Waals surface area contributed by atoms with Gasteiger partial charge in [0.2, 0.25) is 0 Å². The molecule has 0 saturated heterocycles. The van der Waals surface area contributed by atoms with Crippen LogP contribution < -0.4 is 5.32 Å². The first-order chi connectivity index (χ1) is 8.83.